The van der Waals surface area contributed by atoms with Gasteiger partial charge in [0.15, 0.2) is 0 Å². The Morgan fingerprint density at radius 3 is 2.61 bits per heavy atom. The zero-order valence-electron chi connectivity index (χ0n) is 11.7. The molecule has 1 heterocycles. The summed E-state index contributed by atoms with van der Waals surface area (Å²) in [5.74, 6) is 0.760. The maximum atomic E-state index is 12.1. The van der Waals surface area contributed by atoms with Gasteiger partial charge in [-0.3, -0.25) is 0 Å². The lowest BCUT2D eigenvalue weighted by Gasteiger charge is -2.14. The van der Waals surface area contributed by atoms with E-state index >= 15 is 0 Å². The van der Waals surface area contributed by atoms with E-state index in [9.17, 15) is 4.79 Å². The molecular weight excluding hydrogens is 246 g/mol. The van der Waals surface area contributed by atoms with Crippen LogP contribution in [0.5, 0.6) is 0 Å². The van der Waals surface area contributed by atoms with Gasteiger partial charge in [0.25, 0.3) is 0 Å². The Bertz CT molecular complexity index is 444. The molecule has 0 saturated heterocycles. The molecule has 1 amide bonds. The molecule has 4 nitrogen and oxygen atoms in total. The molecule has 0 aliphatic rings. The van der Waals surface area contributed by atoms with Gasteiger partial charge >= 0.3 is 6.03 Å². The summed E-state index contributed by atoms with van der Waals surface area (Å²) in [7, 11) is 3.45. The molecule has 0 saturated carbocycles. The third-order valence-corrected chi connectivity index (χ3v) is 3.35. The maximum absolute atomic E-state index is 12.1. The van der Waals surface area contributed by atoms with Crippen molar-refractivity contribution in [1.82, 2.24) is 14.7 Å². The molecule has 0 fully saturated rings. The Labute approximate surface area is 113 Å². The van der Waals surface area contributed by atoms with Gasteiger partial charge in [0, 0.05) is 25.3 Å². The fraction of sp³-hybridized carbons (Fsp3) is 0.538. The summed E-state index contributed by atoms with van der Waals surface area (Å²) in [5, 5.41) is 5.29. The van der Waals surface area contributed by atoms with Gasteiger partial charge in [-0.15, -0.1) is 18.3 Å². The molecule has 5 heteroatoms. The smallest absolute Gasteiger partial charge is 0.329 e. The highest BCUT2D eigenvalue weighted by Gasteiger charge is 2.23. The normalized spacial score (nSPS) is 11.4. The van der Waals surface area contributed by atoms with Crippen molar-refractivity contribution in [3.05, 3.63) is 24.4 Å². The van der Waals surface area contributed by atoms with Gasteiger partial charge < -0.3 is 4.90 Å². The van der Waals surface area contributed by atoms with Gasteiger partial charge in [0.05, 0.1) is 5.69 Å². The van der Waals surface area contributed by atoms with Gasteiger partial charge in [-0.05, 0) is 6.07 Å². The van der Waals surface area contributed by atoms with E-state index in [2.05, 4.69) is 32.4 Å². The van der Waals surface area contributed by atoms with Crippen LogP contribution in [-0.4, -0.2) is 40.6 Å². The monoisotopic (exact) mass is 267 g/mol. The van der Waals surface area contributed by atoms with E-state index in [1.54, 1.807) is 25.9 Å². The van der Waals surface area contributed by atoms with Crippen molar-refractivity contribution in [2.24, 2.45) is 0 Å². The summed E-state index contributed by atoms with van der Waals surface area (Å²) in [4.78, 5) is 13.6. The molecule has 100 valence electrons. The molecular formula is C13H21N3OS. The largest absolute Gasteiger partial charge is 0.345 e. The van der Waals surface area contributed by atoms with E-state index in [4.69, 9.17) is 0 Å². The maximum Gasteiger partial charge on any atom is 0.345 e. The summed E-state index contributed by atoms with van der Waals surface area (Å²) in [6.07, 6.45) is 1.82. The molecule has 0 spiro atoms. The molecule has 0 aromatic carbocycles. The topological polar surface area (TPSA) is 38.1 Å². The Morgan fingerprint density at radius 1 is 1.56 bits per heavy atom. The van der Waals surface area contributed by atoms with Crippen molar-refractivity contribution in [1.29, 1.82) is 0 Å². The molecule has 1 aromatic rings. The van der Waals surface area contributed by atoms with E-state index in [0.29, 0.717) is 0 Å². The first-order chi connectivity index (χ1) is 8.27. The molecule has 0 bridgehead atoms. The minimum atomic E-state index is -0.128. The molecule has 1 rings (SSSR count). The van der Waals surface area contributed by atoms with Gasteiger partial charge in [0.1, 0.15) is 5.03 Å². The van der Waals surface area contributed by atoms with Crippen LogP contribution in [0.1, 0.15) is 26.5 Å². The summed E-state index contributed by atoms with van der Waals surface area (Å²) >= 11 is 1.56. The van der Waals surface area contributed by atoms with Gasteiger partial charge in [0.2, 0.25) is 0 Å². The van der Waals surface area contributed by atoms with Crippen LogP contribution >= 0.6 is 11.8 Å². The van der Waals surface area contributed by atoms with Crippen molar-refractivity contribution in [2.75, 3.05) is 19.8 Å². The Kier molecular flexibility index (Phi) is 4.62. The van der Waals surface area contributed by atoms with Crippen LogP contribution in [0.3, 0.4) is 0 Å². The number of hydrogen-bond acceptors (Lipinski definition) is 3. The third-order valence-electron chi connectivity index (χ3n) is 2.36. The minimum Gasteiger partial charge on any atom is -0.329 e. The molecule has 0 N–H and O–H groups in total. The zero-order chi connectivity index (χ0) is 13.9. The fourth-order valence-corrected chi connectivity index (χ4v) is 2.03. The van der Waals surface area contributed by atoms with Crippen molar-refractivity contribution in [3.8, 4) is 0 Å². The summed E-state index contributed by atoms with van der Waals surface area (Å²) < 4.78 is 1.47. The first-order valence-corrected chi connectivity index (χ1v) is 6.82. The number of thioether (sulfide) groups is 1. The van der Waals surface area contributed by atoms with Crippen LogP contribution in [0.15, 0.2) is 23.7 Å². The lowest BCUT2D eigenvalue weighted by Crippen LogP contribution is -2.29. The molecule has 1 aromatic heterocycles. The second-order valence-corrected chi connectivity index (χ2v) is 6.35. The van der Waals surface area contributed by atoms with E-state index in [1.165, 1.54) is 9.58 Å². The predicted molar refractivity (Wildman–Crippen MR) is 76.3 cm³/mol. The Balaban J connectivity index is 3.16. The van der Waals surface area contributed by atoms with E-state index < -0.39 is 0 Å². The van der Waals surface area contributed by atoms with Crippen LogP contribution in [0.2, 0.25) is 0 Å². The van der Waals surface area contributed by atoms with E-state index in [-0.39, 0.29) is 11.4 Å². The minimum absolute atomic E-state index is 0.0681. The van der Waals surface area contributed by atoms with Crippen molar-refractivity contribution < 1.29 is 4.79 Å². The Hall–Kier alpha value is -1.23. The van der Waals surface area contributed by atoms with Crippen LogP contribution in [-0.2, 0) is 5.41 Å². The summed E-state index contributed by atoms with van der Waals surface area (Å²) in [6.45, 7) is 9.95. The average Bonchev–Trinajstić information content (AvgIpc) is 2.68. The lowest BCUT2D eigenvalue weighted by molar-refractivity contribution is 0.213. The van der Waals surface area contributed by atoms with Gasteiger partial charge in [-0.2, -0.15) is 9.78 Å². The SMILES string of the molecule is C=CCSc1cc(C(C)(C)C)nn1C(=O)N(C)C. The number of nitrogens with zero attached hydrogens (tertiary/aromatic N) is 3. The van der Waals surface area contributed by atoms with Gasteiger partial charge in [-0.25, -0.2) is 4.79 Å². The first kappa shape index (κ1) is 14.8. The number of rotatable bonds is 3. The van der Waals surface area contributed by atoms with E-state index in [0.717, 1.165) is 16.5 Å². The third kappa shape index (κ3) is 3.38. The highest BCUT2D eigenvalue weighted by Crippen LogP contribution is 2.27. The van der Waals surface area contributed by atoms with Crippen LogP contribution in [0.25, 0.3) is 0 Å². The summed E-state index contributed by atoms with van der Waals surface area (Å²) in [5.41, 5.74) is 0.852. The summed E-state index contributed by atoms with van der Waals surface area (Å²) in [6, 6.07) is 1.85. The average molecular weight is 267 g/mol. The molecule has 0 unspecified atom stereocenters. The second-order valence-electron chi connectivity index (χ2n) is 5.31. The van der Waals surface area contributed by atoms with E-state index in [1.807, 2.05) is 12.1 Å². The Morgan fingerprint density at radius 2 is 2.17 bits per heavy atom. The highest BCUT2D eigenvalue weighted by atomic mass is 32.2. The number of carbonyl (C=O) groups excluding carboxylic acids is 1. The van der Waals surface area contributed by atoms with Crippen LogP contribution in [0, 0.1) is 0 Å². The van der Waals surface area contributed by atoms with Gasteiger partial charge in [-0.1, -0.05) is 26.8 Å². The molecule has 18 heavy (non-hydrogen) atoms. The number of aromatic nitrogens is 2. The van der Waals surface area contributed by atoms with Crippen molar-refractivity contribution >= 4 is 17.8 Å². The molecule has 0 atom stereocenters. The van der Waals surface area contributed by atoms with Crippen molar-refractivity contribution in [2.45, 2.75) is 31.2 Å². The van der Waals surface area contributed by atoms with Crippen LogP contribution < -0.4 is 0 Å². The highest BCUT2D eigenvalue weighted by molar-refractivity contribution is 7.99. The number of carbonyl (C=O) groups is 1. The predicted octanol–water partition coefficient (Wildman–Crippen LogP) is 2.99. The number of hydrogen-bond donors (Lipinski definition) is 0. The first-order valence-electron chi connectivity index (χ1n) is 5.83. The second kappa shape index (κ2) is 5.61. The fourth-order valence-electron chi connectivity index (χ4n) is 1.30. The quantitative estimate of drug-likeness (QED) is 0.624. The lowest BCUT2D eigenvalue weighted by atomic mass is 9.93. The molecule has 0 radical (unpaired) electrons. The molecule has 0 aliphatic carbocycles. The standard InChI is InChI=1S/C13H21N3OS/c1-7-8-18-11-9-10(13(2,3)4)14-16(11)12(17)15(5)6/h7,9H,1,8H2,2-6H3. The van der Waals surface area contributed by atoms with Crippen LogP contribution in [0.4, 0.5) is 4.79 Å². The number of amides is 1. The van der Waals surface area contributed by atoms with Crippen molar-refractivity contribution in [3.63, 3.8) is 0 Å². The zero-order valence-corrected chi connectivity index (χ0v) is 12.5. The molecule has 0 aliphatic heterocycles.